The number of H-pyrrole nitrogens is 1. The third kappa shape index (κ3) is 4.45. The van der Waals surface area contributed by atoms with Gasteiger partial charge in [0.2, 0.25) is 0 Å². The summed E-state index contributed by atoms with van der Waals surface area (Å²) >= 11 is 0. The minimum absolute atomic E-state index is 0.401. The molecule has 0 aliphatic heterocycles. The van der Waals surface area contributed by atoms with Crippen molar-refractivity contribution in [1.82, 2.24) is 15.2 Å². The molecule has 0 aliphatic rings. The normalized spacial score (nSPS) is 12.4. The van der Waals surface area contributed by atoms with Crippen LogP contribution in [0.15, 0.2) is 18.2 Å². The Bertz CT molecular complexity index is 625. The molecule has 0 amide bonds. The molecule has 1 heterocycles. The highest BCUT2D eigenvalue weighted by Crippen LogP contribution is 2.31. The fraction of sp³-hybridized carbons (Fsp3) is 0.529. The largest absolute Gasteiger partial charge is 0.490 e. The first-order valence-electron chi connectivity index (χ1n) is 8.11. The molecule has 126 valence electrons. The van der Waals surface area contributed by atoms with Crippen molar-refractivity contribution in [3.05, 3.63) is 35.4 Å². The molecule has 0 bridgehead atoms. The van der Waals surface area contributed by atoms with Crippen LogP contribution >= 0.6 is 0 Å². The number of rotatable bonds is 8. The molecule has 1 aromatic heterocycles. The number of nitrogens with zero attached hydrogens (tertiary/aromatic N) is 2. The molecule has 23 heavy (non-hydrogen) atoms. The average Bonchev–Trinajstić information content (AvgIpc) is 2.96. The first kappa shape index (κ1) is 17.3. The molecule has 0 fully saturated rings. The van der Waals surface area contributed by atoms with Crippen LogP contribution in [0, 0.1) is 5.92 Å². The second-order valence-electron chi connectivity index (χ2n) is 5.79. The Morgan fingerprint density at radius 3 is 2.48 bits per heavy atom. The van der Waals surface area contributed by atoms with Crippen LogP contribution in [-0.2, 0) is 6.42 Å². The van der Waals surface area contributed by atoms with Crippen LogP contribution in [0.5, 0.6) is 11.5 Å². The molecular weight excluding hydrogens is 292 g/mol. The van der Waals surface area contributed by atoms with Gasteiger partial charge in [0.1, 0.15) is 5.82 Å². The third-order valence-electron chi connectivity index (χ3n) is 3.36. The van der Waals surface area contributed by atoms with E-state index in [9.17, 15) is 0 Å². The standard InChI is InChI=1S/C17H26N4O2/c1-5-22-13-8-7-12(10-14(13)23-6-2)16(18)17-19-15(20-21-17)9-11(3)4/h7-8,10-11,16H,5-6,9,18H2,1-4H3,(H,19,20,21)/t16-/m0/s1. The van der Waals surface area contributed by atoms with Gasteiger partial charge in [0, 0.05) is 6.42 Å². The van der Waals surface area contributed by atoms with Crippen molar-refractivity contribution in [3.8, 4) is 11.5 Å². The summed E-state index contributed by atoms with van der Waals surface area (Å²) in [6.07, 6.45) is 0.854. The molecule has 0 radical (unpaired) electrons. The number of hydrogen-bond acceptors (Lipinski definition) is 5. The smallest absolute Gasteiger partial charge is 0.171 e. The van der Waals surface area contributed by atoms with Crippen LogP contribution in [0.25, 0.3) is 0 Å². The molecule has 2 aromatic rings. The fourth-order valence-corrected chi connectivity index (χ4v) is 2.34. The zero-order chi connectivity index (χ0) is 16.8. The second-order valence-corrected chi connectivity index (χ2v) is 5.79. The first-order valence-corrected chi connectivity index (χ1v) is 8.11. The summed E-state index contributed by atoms with van der Waals surface area (Å²) in [4.78, 5) is 4.50. The topological polar surface area (TPSA) is 86.0 Å². The molecular formula is C17H26N4O2. The van der Waals surface area contributed by atoms with Gasteiger partial charge in [-0.1, -0.05) is 19.9 Å². The van der Waals surface area contributed by atoms with E-state index >= 15 is 0 Å². The van der Waals surface area contributed by atoms with E-state index in [4.69, 9.17) is 15.2 Å². The van der Waals surface area contributed by atoms with E-state index in [1.807, 2.05) is 32.0 Å². The lowest BCUT2D eigenvalue weighted by Gasteiger charge is -2.14. The highest BCUT2D eigenvalue weighted by molar-refractivity contribution is 5.44. The molecule has 2 rings (SSSR count). The van der Waals surface area contributed by atoms with Gasteiger partial charge in [-0.25, -0.2) is 4.98 Å². The van der Waals surface area contributed by atoms with Crippen molar-refractivity contribution in [2.75, 3.05) is 13.2 Å². The molecule has 1 aromatic carbocycles. The molecule has 6 heteroatoms. The van der Waals surface area contributed by atoms with Crippen molar-refractivity contribution in [2.24, 2.45) is 11.7 Å². The number of hydrogen-bond donors (Lipinski definition) is 2. The average molecular weight is 318 g/mol. The van der Waals surface area contributed by atoms with E-state index in [0.29, 0.717) is 30.7 Å². The Kier molecular flexibility index (Phi) is 5.98. The quantitative estimate of drug-likeness (QED) is 0.781. The fourth-order valence-electron chi connectivity index (χ4n) is 2.34. The number of nitrogens with one attached hydrogen (secondary N) is 1. The SMILES string of the molecule is CCOc1ccc([C@H](N)c2n[nH]c(CC(C)C)n2)cc1OCC. The maximum absolute atomic E-state index is 6.31. The van der Waals surface area contributed by atoms with Crippen molar-refractivity contribution >= 4 is 0 Å². The maximum Gasteiger partial charge on any atom is 0.171 e. The van der Waals surface area contributed by atoms with Gasteiger partial charge in [0.25, 0.3) is 0 Å². The molecule has 0 saturated heterocycles. The van der Waals surface area contributed by atoms with Crippen LogP contribution in [0.1, 0.15) is 50.9 Å². The summed E-state index contributed by atoms with van der Waals surface area (Å²) in [6.45, 7) is 9.32. The summed E-state index contributed by atoms with van der Waals surface area (Å²) in [6, 6.07) is 5.31. The highest BCUT2D eigenvalue weighted by atomic mass is 16.5. The Morgan fingerprint density at radius 2 is 1.83 bits per heavy atom. The van der Waals surface area contributed by atoms with Crippen molar-refractivity contribution in [3.63, 3.8) is 0 Å². The minimum Gasteiger partial charge on any atom is -0.490 e. The summed E-state index contributed by atoms with van der Waals surface area (Å²) in [5.74, 6) is 3.39. The molecule has 0 unspecified atom stereocenters. The van der Waals surface area contributed by atoms with E-state index in [1.54, 1.807) is 0 Å². The Labute approximate surface area is 137 Å². The predicted octanol–water partition coefficient (Wildman–Crippen LogP) is 2.85. The van der Waals surface area contributed by atoms with Gasteiger partial charge in [0.15, 0.2) is 17.3 Å². The lowest BCUT2D eigenvalue weighted by molar-refractivity contribution is 0.287. The summed E-state index contributed by atoms with van der Waals surface area (Å²) in [5, 5.41) is 7.21. The van der Waals surface area contributed by atoms with Crippen LogP contribution in [0.3, 0.4) is 0 Å². The lowest BCUT2D eigenvalue weighted by atomic mass is 10.1. The Morgan fingerprint density at radius 1 is 1.13 bits per heavy atom. The molecule has 1 atom stereocenters. The summed E-state index contributed by atoms with van der Waals surface area (Å²) in [7, 11) is 0. The van der Waals surface area contributed by atoms with E-state index in [-0.39, 0.29) is 0 Å². The van der Waals surface area contributed by atoms with Crippen molar-refractivity contribution < 1.29 is 9.47 Å². The summed E-state index contributed by atoms with van der Waals surface area (Å²) in [5.41, 5.74) is 7.20. The third-order valence-corrected chi connectivity index (χ3v) is 3.36. The zero-order valence-corrected chi connectivity index (χ0v) is 14.3. The van der Waals surface area contributed by atoms with Crippen LogP contribution < -0.4 is 15.2 Å². The van der Waals surface area contributed by atoms with E-state index in [1.165, 1.54) is 0 Å². The van der Waals surface area contributed by atoms with Crippen molar-refractivity contribution in [1.29, 1.82) is 0 Å². The van der Waals surface area contributed by atoms with Gasteiger partial charge >= 0.3 is 0 Å². The minimum atomic E-state index is -0.401. The van der Waals surface area contributed by atoms with Gasteiger partial charge in [-0.3, -0.25) is 5.10 Å². The lowest BCUT2D eigenvalue weighted by Crippen LogP contribution is -2.14. The van der Waals surface area contributed by atoms with Gasteiger partial charge < -0.3 is 15.2 Å². The van der Waals surface area contributed by atoms with E-state index < -0.39 is 6.04 Å². The maximum atomic E-state index is 6.31. The van der Waals surface area contributed by atoms with Crippen LogP contribution in [0.2, 0.25) is 0 Å². The molecule has 0 aliphatic carbocycles. The predicted molar refractivity (Wildman–Crippen MR) is 89.7 cm³/mol. The van der Waals surface area contributed by atoms with Crippen LogP contribution in [0.4, 0.5) is 0 Å². The highest BCUT2D eigenvalue weighted by Gasteiger charge is 2.17. The molecule has 0 spiro atoms. The number of benzene rings is 1. The Hall–Kier alpha value is -2.08. The number of ether oxygens (including phenoxy) is 2. The number of aromatic amines is 1. The second kappa shape index (κ2) is 7.97. The molecule has 6 nitrogen and oxygen atoms in total. The van der Waals surface area contributed by atoms with E-state index in [2.05, 4.69) is 29.0 Å². The van der Waals surface area contributed by atoms with E-state index in [0.717, 1.165) is 23.6 Å². The number of aromatic nitrogens is 3. The monoisotopic (exact) mass is 318 g/mol. The summed E-state index contributed by atoms with van der Waals surface area (Å²) < 4.78 is 11.2. The zero-order valence-electron chi connectivity index (χ0n) is 14.3. The first-order chi connectivity index (χ1) is 11.0. The van der Waals surface area contributed by atoms with Gasteiger partial charge in [-0.05, 0) is 37.5 Å². The van der Waals surface area contributed by atoms with Crippen molar-refractivity contribution in [2.45, 2.75) is 40.2 Å². The Balaban J connectivity index is 2.22. The molecule has 3 N–H and O–H groups in total. The van der Waals surface area contributed by atoms with Crippen LogP contribution in [-0.4, -0.2) is 28.4 Å². The van der Waals surface area contributed by atoms with Gasteiger partial charge in [-0.15, -0.1) is 0 Å². The number of nitrogens with two attached hydrogens (primary N) is 1. The van der Waals surface area contributed by atoms with Gasteiger partial charge in [-0.2, -0.15) is 5.10 Å². The molecule has 0 saturated carbocycles. The van der Waals surface area contributed by atoms with Gasteiger partial charge in [0.05, 0.1) is 19.3 Å².